The van der Waals surface area contributed by atoms with Crippen LogP contribution in [-0.4, -0.2) is 114 Å². The van der Waals surface area contributed by atoms with E-state index in [1.165, 1.54) is 16.8 Å². The molecule has 2 atom stereocenters. The van der Waals surface area contributed by atoms with Crippen LogP contribution < -0.4 is 0 Å². The van der Waals surface area contributed by atoms with Crippen molar-refractivity contribution in [2.75, 3.05) is 53.5 Å². The maximum absolute atomic E-state index is 12.9. The molecule has 0 aromatic carbocycles. The second-order valence-electron chi connectivity index (χ2n) is 9.05. The van der Waals surface area contributed by atoms with E-state index in [-0.39, 0.29) is 28.3 Å². The van der Waals surface area contributed by atoms with Gasteiger partial charge in [-0.05, 0) is 12.8 Å². The van der Waals surface area contributed by atoms with E-state index in [0.717, 1.165) is 19.6 Å². The Morgan fingerprint density at radius 2 is 1.86 bits per heavy atom. The van der Waals surface area contributed by atoms with Crippen LogP contribution in [0.2, 0.25) is 0 Å². The van der Waals surface area contributed by atoms with Crippen LogP contribution in [0.3, 0.4) is 0 Å². The molecule has 198 valence electrons. The number of rotatable bonds is 5. The normalized spacial score (nSPS) is 25.0. The minimum Gasteiger partial charge on any atom is -0.475 e. The largest absolute Gasteiger partial charge is 0.490 e. The molecule has 4 heterocycles. The summed E-state index contributed by atoms with van der Waals surface area (Å²) in [6.45, 7) is 3.96. The number of carbonyl (C=O) groups excluding carboxylic acids is 1. The third-order valence-corrected chi connectivity index (χ3v) is 8.91. The van der Waals surface area contributed by atoms with Crippen molar-refractivity contribution in [3.05, 3.63) is 12.5 Å². The summed E-state index contributed by atoms with van der Waals surface area (Å²) in [5.74, 6) is -2.29. The topological polar surface area (TPSA) is 125 Å². The number of aromatic nitrogens is 2. The number of carbonyl (C=O) groups is 2. The van der Waals surface area contributed by atoms with Crippen LogP contribution in [0, 0.1) is 11.8 Å². The van der Waals surface area contributed by atoms with Gasteiger partial charge in [-0.15, -0.1) is 0 Å². The molecule has 0 unspecified atom stereocenters. The van der Waals surface area contributed by atoms with Crippen LogP contribution in [0.5, 0.6) is 0 Å². The second-order valence-corrected chi connectivity index (χ2v) is 10.9. The van der Waals surface area contributed by atoms with E-state index in [1.54, 1.807) is 18.7 Å². The number of hydrogen-bond acceptors (Lipinski definition) is 7. The minimum absolute atomic E-state index is 0.0146. The highest BCUT2D eigenvalue weighted by atomic mass is 32.2. The van der Waals surface area contributed by atoms with Crippen LogP contribution >= 0.6 is 0 Å². The molecule has 3 aliphatic heterocycles. The molecule has 0 bridgehead atoms. The first-order valence-electron chi connectivity index (χ1n) is 11.0. The van der Waals surface area contributed by atoms with Gasteiger partial charge in [0.1, 0.15) is 0 Å². The number of aryl methyl sites for hydroxylation is 1. The molecule has 1 amide bonds. The quantitative estimate of drug-likeness (QED) is 0.580. The first-order valence-corrected chi connectivity index (χ1v) is 12.4. The van der Waals surface area contributed by atoms with E-state index in [0.29, 0.717) is 32.5 Å². The van der Waals surface area contributed by atoms with E-state index in [2.05, 4.69) is 9.88 Å². The number of carboxylic acid groups (broad SMARTS) is 1. The number of fused-ring (bicyclic) bond motifs is 2. The number of imidazole rings is 1. The third kappa shape index (κ3) is 5.32. The van der Waals surface area contributed by atoms with E-state index >= 15 is 0 Å². The Bertz CT molecular complexity index is 1040. The Balaban J connectivity index is 0.000000429. The van der Waals surface area contributed by atoms with Gasteiger partial charge in [0.25, 0.3) is 10.0 Å². The van der Waals surface area contributed by atoms with Gasteiger partial charge in [0.2, 0.25) is 5.91 Å². The van der Waals surface area contributed by atoms with Crippen LogP contribution in [0.1, 0.15) is 12.8 Å². The zero-order valence-electron chi connectivity index (χ0n) is 19.7. The Labute approximate surface area is 201 Å². The molecule has 4 rings (SSSR count). The van der Waals surface area contributed by atoms with Gasteiger partial charge in [0.15, 0.2) is 5.03 Å². The summed E-state index contributed by atoms with van der Waals surface area (Å²) in [6.07, 6.45) is -0.716. The first-order chi connectivity index (χ1) is 16.2. The molecule has 0 radical (unpaired) electrons. The summed E-state index contributed by atoms with van der Waals surface area (Å²) in [5.41, 5.74) is -0.250. The van der Waals surface area contributed by atoms with Crippen LogP contribution in [0.4, 0.5) is 13.2 Å². The fourth-order valence-corrected chi connectivity index (χ4v) is 6.68. The summed E-state index contributed by atoms with van der Waals surface area (Å²) in [5, 5.41) is 7.21. The van der Waals surface area contributed by atoms with Crippen LogP contribution in [0.15, 0.2) is 17.6 Å². The first kappa shape index (κ1) is 27.4. The highest BCUT2D eigenvalue weighted by Gasteiger charge is 2.60. The van der Waals surface area contributed by atoms with Gasteiger partial charge < -0.3 is 19.3 Å². The average molecular weight is 526 g/mol. The SMILES string of the molecule is COCCN1C[C@@H]2C(=O)N(C)C3(CCN(S(=O)(=O)c4cn(C)cn4)CC3)[C@@H]2C1.O=C(O)C(F)(F)F. The van der Waals surface area contributed by atoms with E-state index < -0.39 is 22.2 Å². The van der Waals surface area contributed by atoms with Gasteiger partial charge in [-0.1, -0.05) is 0 Å². The number of sulfonamides is 1. The second kappa shape index (κ2) is 10.0. The Morgan fingerprint density at radius 3 is 2.34 bits per heavy atom. The van der Waals surface area contributed by atoms with Crippen molar-refractivity contribution in [1.29, 1.82) is 0 Å². The molecule has 11 nitrogen and oxygen atoms in total. The van der Waals surface area contributed by atoms with E-state index in [9.17, 15) is 26.4 Å². The Hall–Kier alpha value is -2.23. The Morgan fingerprint density at radius 1 is 1.26 bits per heavy atom. The highest BCUT2D eigenvalue weighted by molar-refractivity contribution is 7.89. The van der Waals surface area contributed by atoms with Crippen molar-refractivity contribution in [3.63, 3.8) is 0 Å². The van der Waals surface area contributed by atoms with Crippen molar-refractivity contribution >= 4 is 21.9 Å². The lowest BCUT2D eigenvalue weighted by molar-refractivity contribution is -0.192. The summed E-state index contributed by atoms with van der Waals surface area (Å²) in [7, 11) is 1.75. The monoisotopic (exact) mass is 525 g/mol. The molecule has 1 aromatic rings. The summed E-state index contributed by atoms with van der Waals surface area (Å²) < 4.78 is 65.9. The molecular weight excluding hydrogens is 495 g/mol. The van der Waals surface area contributed by atoms with Crippen molar-refractivity contribution < 1.29 is 41.0 Å². The summed E-state index contributed by atoms with van der Waals surface area (Å²) >= 11 is 0. The zero-order valence-corrected chi connectivity index (χ0v) is 20.5. The molecule has 0 aliphatic carbocycles. The van der Waals surface area contributed by atoms with Gasteiger partial charge in [-0.25, -0.2) is 18.2 Å². The average Bonchev–Trinajstić information content (AvgIpc) is 3.47. The molecular formula is C20H30F3N5O6S. The van der Waals surface area contributed by atoms with Gasteiger partial charge >= 0.3 is 12.1 Å². The fraction of sp³-hybridized carbons (Fsp3) is 0.750. The lowest BCUT2D eigenvalue weighted by Gasteiger charge is -2.46. The predicted molar refractivity (Wildman–Crippen MR) is 116 cm³/mol. The molecule has 1 N–H and O–H groups in total. The summed E-state index contributed by atoms with van der Waals surface area (Å²) in [4.78, 5) is 30.0. The number of piperidine rings is 1. The van der Waals surface area contributed by atoms with Gasteiger partial charge in [0, 0.05) is 71.6 Å². The maximum Gasteiger partial charge on any atom is 0.490 e. The number of nitrogens with zero attached hydrogens (tertiary/aromatic N) is 5. The van der Waals surface area contributed by atoms with Gasteiger partial charge in [0.05, 0.1) is 18.9 Å². The summed E-state index contributed by atoms with van der Waals surface area (Å²) in [6, 6.07) is 0. The number of alkyl halides is 3. The number of ether oxygens (including phenoxy) is 1. The number of carboxylic acids is 1. The lowest BCUT2D eigenvalue weighted by Crippen LogP contribution is -2.56. The van der Waals surface area contributed by atoms with Gasteiger partial charge in [-0.3, -0.25) is 9.69 Å². The standard InChI is InChI=1S/C18H29N5O4S.C2HF3O2/c1-20-12-16(19-13-20)28(25,26)23-6-4-18(5-7-23)15-11-22(8-9-27-3)10-14(15)17(24)21(18)2;3-2(4,5)1(6)7/h12-15H,4-11H2,1-3H3;(H,6,7)/t14-,15+;/m0./s1. The van der Waals surface area contributed by atoms with E-state index in [4.69, 9.17) is 14.6 Å². The van der Waals surface area contributed by atoms with E-state index in [1.807, 2.05) is 11.9 Å². The number of likely N-dealkylation sites (tertiary alicyclic amines) is 2. The van der Waals surface area contributed by atoms with Gasteiger partial charge in [-0.2, -0.15) is 17.5 Å². The van der Waals surface area contributed by atoms with Crippen LogP contribution in [-0.2, 0) is 31.4 Å². The third-order valence-electron chi connectivity index (χ3n) is 7.13. The molecule has 0 saturated carbocycles. The Kier molecular flexibility index (Phi) is 7.84. The van der Waals surface area contributed by atoms with Crippen molar-refractivity contribution in [1.82, 2.24) is 23.7 Å². The van der Waals surface area contributed by atoms with Crippen molar-refractivity contribution in [2.24, 2.45) is 18.9 Å². The van der Waals surface area contributed by atoms with Crippen molar-refractivity contribution in [3.8, 4) is 0 Å². The molecule has 35 heavy (non-hydrogen) atoms. The molecule has 15 heteroatoms. The minimum atomic E-state index is -5.08. The lowest BCUT2D eigenvalue weighted by atomic mass is 9.75. The number of hydrogen-bond donors (Lipinski definition) is 1. The molecule has 3 aliphatic rings. The number of amides is 1. The smallest absolute Gasteiger partial charge is 0.475 e. The van der Waals surface area contributed by atoms with Crippen molar-refractivity contribution in [2.45, 2.75) is 29.6 Å². The maximum atomic E-state index is 12.9. The zero-order chi connectivity index (χ0) is 26.2. The number of methoxy groups -OCH3 is 1. The molecule has 3 saturated heterocycles. The number of halogens is 3. The molecule has 1 aromatic heterocycles. The highest BCUT2D eigenvalue weighted by Crippen LogP contribution is 2.49. The molecule has 1 spiro atoms. The predicted octanol–water partition coefficient (Wildman–Crippen LogP) is 0.243. The fourth-order valence-electron chi connectivity index (χ4n) is 5.27. The molecule has 3 fully saturated rings. The number of aliphatic carboxylic acids is 1. The van der Waals surface area contributed by atoms with Crippen LogP contribution in [0.25, 0.3) is 0 Å².